The van der Waals surface area contributed by atoms with Gasteiger partial charge in [-0.05, 0) is 17.7 Å². The van der Waals surface area contributed by atoms with Gasteiger partial charge in [0.1, 0.15) is 11.4 Å². The number of rotatable bonds is 2. The minimum Gasteiger partial charge on any atom is -0.493 e. The topological polar surface area (TPSA) is 66.0 Å². The van der Waals surface area contributed by atoms with Crippen molar-refractivity contribution in [3.8, 4) is 28.4 Å². The van der Waals surface area contributed by atoms with E-state index in [4.69, 9.17) is 11.6 Å². The average Bonchev–Trinajstić information content (AvgIpc) is 2.47. The molecular formula is C16H11ClN2O2. The Morgan fingerprint density at radius 2 is 1.71 bits per heavy atom. The molecule has 0 amide bonds. The van der Waals surface area contributed by atoms with Crippen molar-refractivity contribution in [2.75, 3.05) is 0 Å². The van der Waals surface area contributed by atoms with E-state index in [0.717, 1.165) is 0 Å². The summed E-state index contributed by atoms with van der Waals surface area (Å²) >= 11 is 5.92. The van der Waals surface area contributed by atoms with Gasteiger partial charge in [-0.3, -0.25) is 4.79 Å². The molecule has 0 radical (unpaired) electrons. The first-order valence-corrected chi connectivity index (χ1v) is 6.67. The number of nitrogens with zero attached hydrogens (tertiary/aromatic N) is 1. The quantitative estimate of drug-likeness (QED) is 0.761. The Balaban J connectivity index is 2.15. The molecule has 21 heavy (non-hydrogen) atoms. The third-order valence-electron chi connectivity index (χ3n) is 3.06. The SMILES string of the molecule is O=c1[nH]c(-c2cccc(Cl)c2)nc(O)c1-c1ccccc1. The molecule has 0 fully saturated rings. The fourth-order valence-corrected chi connectivity index (χ4v) is 2.29. The molecule has 4 nitrogen and oxygen atoms in total. The standard InChI is InChI=1S/C16H11ClN2O2/c17-12-8-4-7-11(9-12)14-18-15(20)13(16(21)19-14)10-5-2-1-3-6-10/h1-9H,(H2,18,19,20,21). The van der Waals surface area contributed by atoms with Crippen LogP contribution < -0.4 is 5.56 Å². The predicted octanol–water partition coefficient (Wildman–Crippen LogP) is 3.46. The van der Waals surface area contributed by atoms with Gasteiger partial charge in [-0.1, -0.05) is 54.1 Å². The molecule has 0 aliphatic heterocycles. The van der Waals surface area contributed by atoms with Crippen molar-refractivity contribution in [3.63, 3.8) is 0 Å². The van der Waals surface area contributed by atoms with Crippen LogP contribution in [0.5, 0.6) is 5.88 Å². The fraction of sp³-hybridized carbons (Fsp3) is 0. The molecule has 3 aromatic rings. The van der Waals surface area contributed by atoms with Gasteiger partial charge in [0.2, 0.25) is 5.88 Å². The summed E-state index contributed by atoms with van der Waals surface area (Å²) in [6.07, 6.45) is 0. The zero-order valence-electron chi connectivity index (χ0n) is 10.9. The zero-order chi connectivity index (χ0) is 14.8. The second kappa shape index (κ2) is 5.42. The molecule has 0 saturated carbocycles. The van der Waals surface area contributed by atoms with Crippen molar-refractivity contribution >= 4 is 11.6 Å². The van der Waals surface area contributed by atoms with E-state index in [2.05, 4.69) is 9.97 Å². The number of H-pyrrole nitrogens is 1. The second-order valence-electron chi connectivity index (χ2n) is 4.49. The maximum absolute atomic E-state index is 12.2. The minimum atomic E-state index is -0.399. The summed E-state index contributed by atoms with van der Waals surface area (Å²) in [5, 5.41) is 10.6. The third kappa shape index (κ3) is 2.66. The first kappa shape index (κ1) is 13.4. The normalized spacial score (nSPS) is 10.5. The smallest absolute Gasteiger partial charge is 0.262 e. The van der Waals surface area contributed by atoms with Crippen LogP contribution in [0.2, 0.25) is 5.02 Å². The minimum absolute atomic E-state index is 0.154. The molecular weight excluding hydrogens is 288 g/mol. The lowest BCUT2D eigenvalue weighted by Crippen LogP contribution is -2.12. The van der Waals surface area contributed by atoms with Crippen LogP contribution in [0.3, 0.4) is 0 Å². The van der Waals surface area contributed by atoms with Crippen LogP contribution in [0.4, 0.5) is 0 Å². The molecule has 0 saturated heterocycles. The Labute approximate surface area is 125 Å². The number of halogens is 1. The molecule has 104 valence electrons. The van der Waals surface area contributed by atoms with Gasteiger partial charge in [0, 0.05) is 10.6 Å². The van der Waals surface area contributed by atoms with Gasteiger partial charge in [0.25, 0.3) is 5.56 Å². The summed E-state index contributed by atoms with van der Waals surface area (Å²) in [6, 6.07) is 15.8. The lowest BCUT2D eigenvalue weighted by molar-refractivity contribution is 0.454. The second-order valence-corrected chi connectivity index (χ2v) is 4.93. The highest BCUT2D eigenvalue weighted by atomic mass is 35.5. The van der Waals surface area contributed by atoms with Crippen molar-refractivity contribution in [2.45, 2.75) is 0 Å². The predicted molar refractivity (Wildman–Crippen MR) is 82.4 cm³/mol. The fourth-order valence-electron chi connectivity index (χ4n) is 2.10. The highest BCUT2D eigenvalue weighted by Gasteiger charge is 2.13. The van der Waals surface area contributed by atoms with E-state index in [9.17, 15) is 9.90 Å². The first-order valence-electron chi connectivity index (χ1n) is 6.30. The zero-order valence-corrected chi connectivity index (χ0v) is 11.6. The molecule has 0 atom stereocenters. The molecule has 2 aromatic carbocycles. The maximum atomic E-state index is 12.2. The van der Waals surface area contributed by atoms with E-state index >= 15 is 0 Å². The summed E-state index contributed by atoms with van der Waals surface area (Å²) in [7, 11) is 0. The lowest BCUT2D eigenvalue weighted by atomic mass is 10.1. The molecule has 0 unspecified atom stereocenters. The number of hydrogen-bond acceptors (Lipinski definition) is 3. The number of aromatic amines is 1. The van der Waals surface area contributed by atoms with Crippen molar-refractivity contribution in [1.29, 1.82) is 0 Å². The molecule has 1 aromatic heterocycles. The first-order chi connectivity index (χ1) is 10.1. The molecule has 0 aliphatic carbocycles. The summed E-state index contributed by atoms with van der Waals surface area (Å²) in [6.45, 7) is 0. The van der Waals surface area contributed by atoms with Crippen molar-refractivity contribution in [3.05, 3.63) is 70.0 Å². The number of aromatic nitrogens is 2. The Hall–Kier alpha value is -2.59. The highest BCUT2D eigenvalue weighted by molar-refractivity contribution is 6.30. The van der Waals surface area contributed by atoms with Gasteiger partial charge in [0.15, 0.2) is 0 Å². The average molecular weight is 299 g/mol. The molecule has 3 rings (SSSR count). The largest absolute Gasteiger partial charge is 0.493 e. The van der Waals surface area contributed by atoms with E-state index < -0.39 is 5.56 Å². The molecule has 0 bridgehead atoms. The van der Waals surface area contributed by atoms with Gasteiger partial charge >= 0.3 is 0 Å². The lowest BCUT2D eigenvalue weighted by Gasteiger charge is -2.06. The van der Waals surface area contributed by atoms with Gasteiger partial charge in [-0.2, -0.15) is 4.98 Å². The van der Waals surface area contributed by atoms with Crippen LogP contribution >= 0.6 is 11.6 Å². The molecule has 1 heterocycles. The van der Waals surface area contributed by atoms with Gasteiger partial charge < -0.3 is 10.1 Å². The van der Waals surface area contributed by atoms with Crippen LogP contribution in [0.25, 0.3) is 22.5 Å². The van der Waals surface area contributed by atoms with Gasteiger partial charge in [-0.25, -0.2) is 0 Å². The van der Waals surface area contributed by atoms with E-state index in [1.807, 2.05) is 6.07 Å². The number of aromatic hydroxyl groups is 1. The van der Waals surface area contributed by atoms with E-state index in [-0.39, 0.29) is 17.3 Å². The van der Waals surface area contributed by atoms with Crippen molar-refractivity contribution < 1.29 is 5.11 Å². The summed E-state index contributed by atoms with van der Waals surface area (Å²) in [5.74, 6) is -0.0281. The van der Waals surface area contributed by atoms with Crippen LogP contribution in [0, 0.1) is 0 Å². The Morgan fingerprint density at radius 3 is 2.38 bits per heavy atom. The molecule has 2 N–H and O–H groups in total. The summed E-state index contributed by atoms with van der Waals surface area (Å²) in [4.78, 5) is 19.0. The van der Waals surface area contributed by atoms with E-state index in [1.165, 1.54) is 0 Å². The summed E-state index contributed by atoms with van der Waals surface area (Å²) in [5.41, 5.74) is 1.00. The van der Waals surface area contributed by atoms with Gasteiger partial charge in [-0.15, -0.1) is 0 Å². The van der Waals surface area contributed by atoms with Crippen LogP contribution in [-0.2, 0) is 0 Å². The number of benzene rings is 2. The Kier molecular flexibility index (Phi) is 3.46. The Morgan fingerprint density at radius 1 is 1.00 bits per heavy atom. The number of nitrogens with one attached hydrogen (secondary N) is 1. The number of hydrogen-bond donors (Lipinski definition) is 2. The highest BCUT2D eigenvalue weighted by Crippen LogP contribution is 2.26. The summed E-state index contributed by atoms with van der Waals surface area (Å²) < 4.78 is 0. The van der Waals surface area contributed by atoms with Crippen molar-refractivity contribution in [2.24, 2.45) is 0 Å². The Bertz CT molecular complexity index is 844. The van der Waals surface area contributed by atoms with E-state index in [1.54, 1.807) is 48.5 Å². The monoisotopic (exact) mass is 298 g/mol. The molecule has 0 spiro atoms. The van der Waals surface area contributed by atoms with E-state index in [0.29, 0.717) is 16.1 Å². The molecule has 0 aliphatic rings. The van der Waals surface area contributed by atoms with Gasteiger partial charge in [0.05, 0.1) is 0 Å². The van der Waals surface area contributed by atoms with Crippen molar-refractivity contribution in [1.82, 2.24) is 9.97 Å². The maximum Gasteiger partial charge on any atom is 0.262 e. The van der Waals surface area contributed by atoms with Crippen LogP contribution in [0.1, 0.15) is 0 Å². The van der Waals surface area contributed by atoms with Crippen LogP contribution in [-0.4, -0.2) is 15.1 Å². The third-order valence-corrected chi connectivity index (χ3v) is 3.30. The molecule has 5 heteroatoms. The van der Waals surface area contributed by atoms with Crippen LogP contribution in [0.15, 0.2) is 59.4 Å².